The van der Waals surface area contributed by atoms with E-state index < -0.39 is 0 Å². The number of hydrogen-bond donors (Lipinski definition) is 1. The quantitative estimate of drug-likeness (QED) is 0.780. The molecule has 0 bridgehead atoms. The molecule has 1 aromatic rings. The lowest BCUT2D eigenvalue weighted by Crippen LogP contribution is -2.28. The third kappa shape index (κ3) is 5.32. The summed E-state index contributed by atoms with van der Waals surface area (Å²) in [7, 11) is 4.08. The van der Waals surface area contributed by atoms with Gasteiger partial charge in [-0.3, -0.25) is 4.79 Å². The van der Waals surface area contributed by atoms with E-state index in [4.69, 9.17) is 0 Å². The molecule has 0 aromatic heterocycles. The standard InChI is InChI=1S/C15H24N2O/c1-12-6-7-13(2)14(10-12)11-15(18)16-8-5-9-17(3)4/h6-7,10H,5,8-9,11H2,1-4H3,(H,16,18). The number of carbonyl (C=O) groups excluding carboxylic acids is 1. The highest BCUT2D eigenvalue weighted by atomic mass is 16.1. The van der Waals surface area contributed by atoms with Crippen LogP contribution in [0.5, 0.6) is 0 Å². The Balaban J connectivity index is 2.38. The molecule has 0 fully saturated rings. The molecule has 18 heavy (non-hydrogen) atoms. The molecule has 0 spiro atoms. The molecule has 0 aliphatic rings. The predicted molar refractivity (Wildman–Crippen MR) is 75.8 cm³/mol. The van der Waals surface area contributed by atoms with E-state index in [1.807, 2.05) is 21.0 Å². The summed E-state index contributed by atoms with van der Waals surface area (Å²) in [4.78, 5) is 13.9. The normalized spacial score (nSPS) is 10.7. The molecular formula is C15H24N2O. The summed E-state index contributed by atoms with van der Waals surface area (Å²) in [6.45, 7) is 5.86. The molecule has 3 heteroatoms. The molecule has 0 aliphatic heterocycles. The molecule has 0 aliphatic carbocycles. The number of nitrogens with zero attached hydrogens (tertiary/aromatic N) is 1. The zero-order valence-electron chi connectivity index (χ0n) is 11.9. The number of benzene rings is 1. The molecule has 0 atom stereocenters. The summed E-state index contributed by atoms with van der Waals surface area (Å²) in [6, 6.07) is 6.24. The van der Waals surface area contributed by atoms with Crippen LogP contribution in [-0.2, 0) is 11.2 Å². The maximum absolute atomic E-state index is 11.8. The minimum Gasteiger partial charge on any atom is -0.356 e. The topological polar surface area (TPSA) is 32.3 Å². The minimum absolute atomic E-state index is 0.113. The van der Waals surface area contributed by atoms with Crippen LogP contribution < -0.4 is 5.32 Å². The van der Waals surface area contributed by atoms with Crippen LogP contribution in [0.4, 0.5) is 0 Å². The summed E-state index contributed by atoms with van der Waals surface area (Å²) in [5, 5.41) is 2.97. The fraction of sp³-hybridized carbons (Fsp3) is 0.533. The van der Waals surface area contributed by atoms with Gasteiger partial charge in [0.1, 0.15) is 0 Å². The lowest BCUT2D eigenvalue weighted by atomic mass is 10.0. The SMILES string of the molecule is Cc1ccc(C)c(CC(=O)NCCCN(C)C)c1. The van der Waals surface area contributed by atoms with E-state index in [0.717, 1.165) is 25.1 Å². The number of amides is 1. The zero-order valence-corrected chi connectivity index (χ0v) is 11.9. The van der Waals surface area contributed by atoms with Gasteiger partial charge in [-0.05, 0) is 52.0 Å². The fourth-order valence-corrected chi connectivity index (χ4v) is 1.85. The maximum atomic E-state index is 11.8. The van der Waals surface area contributed by atoms with Crippen molar-refractivity contribution in [3.8, 4) is 0 Å². The van der Waals surface area contributed by atoms with E-state index in [1.165, 1.54) is 11.1 Å². The highest BCUT2D eigenvalue weighted by molar-refractivity contribution is 5.78. The van der Waals surface area contributed by atoms with Crippen LogP contribution >= 0.6 is 0 Å². The highest BCUT2D eigenvalue weighted by Crippen LogP contribution is 2.11. The first-order chi connectivity index (χ1) is 8.49. The van der Waals surface area contributed by atoms with Crippen molar-refractivity contribution in [3.05, 3.63) is 34.9 Å². The van der Waals surface area contributed by atoms with Crippen molar-refractivity contribution in [2.75, 3.05) is 27.2 Å². The Morgan fingerprint density at radius 3 is 2.67 bits per heavy atom. The Morgan fingerprint density at radius 2 is 2.00 bits per heavy atom. The molecule has 0 radical (unpaired) electrons. The van der Waals surface area contributed by atoms with Crippen molar-refractivity contribution in [1.29, 1.82) is 0 Å². The second kappa shape index (κ2) is 7.17. The van der Waals surface area contributed by atoms with Crippen LogP contribution in [0.2, 0.25) is 0 Å². The number of rotatable bonds is 6. The highest BCUT2D eigenvalue weighted by Gasteiger charge is 2.05. The van der Waals surface area contributed by atoms with Crippen LogP contribution in [0.1, 0.15) is 23.1 Å². The van der Waals surface area contributed by atoms with Gasteiger partial charge in [-0.15, -0.1) is 0 Å². The summed E-state index contributed by atoms with van der Waals surface area (Å²) >= 11 is 0. The van der Waals surface area contributed by atoms with E-state index in [2.05, 4.69) is 35.3 Å². The molecule has 0 saturated carbocycles. The molecule has 1 N–H and O–H groups in total. The van der Waals surface area contributed by atoms with Gasteiger partial charge in [0, 0.05) is 6.54 Å². The fourth-order valence-electron chi connectivity index (χ4n) is 1.85. The lowest BCUT2D eigenvalue weighted by molar-refractivity contribution is -0.120. The first kappa shape index (κ1) is 14.7. The van der Waals surface area contributed by atoms with Gasteiger partial charge in [0.15, 0.2) is 0 Å². The van der Waals surface area contributed by atoms with Gasteiger partial charge in [-0.1, -0.05) is 23.8 Å². The van der Waals surface area contributed by atoms with E-state index in [1.54, 1.807) is 0 Å². The number of aryl methyl sites for hydroxylation is 2. The number of hydrogen-bond acceptors (Lipinski definition) is 2. The zero-order chi connectivity index (χ0) is 13.5. The molecule has 3 nitrogen and oxygen atoms in total. The van der Waals surface area contributed by atoms with Crippen LogP contribution in [0, 0.1) is 13.8 Å². The lowest BCUT2D eigenvalue weighted by Gasteiger charge is -2.11. The molecule has 1 amide bonds. The van der Waals surface area contributed by atoms with Gasteiger partial charge in [0.2, 0.25) is 5.91 Å². The molecular weight excluding hydrogens is 224 g/mol. The van der Waals surface area contributed by atoms with Gasteiger partial charge in [-0.25, -0.2) is 0 Å². The monoisotopic (exact) mass is 248 g/mol. The van der Waals surface area contributed by atoms with Gasteiger partial charge in [-0.2, -0.15) is 0 Å². The molecule has 0 unspecified atom stereocenters. The molecule has 0 heterocycles. The van der Waals surface area contributed by atoms with Crippen molar-refractivity contribution < 1.29 is 4.79 Å². The first-order valence-electron chi connectivity index (χ1n) is 6.46. The van der Waals surface area contributed by atoms with Crippen molar-refractivity contribution in [1.82, 2.24) is 10.2 Å². The second-order valence-electron chi connectivity index (χ2n) is 5.11. The average Bonchev–Trinajstić information content (AvgIpc) is 2.29. The Labute approximate surface area is 110 Å². The molecule has 0 saturated heterocycles. The van der Waals surface area contributed by atoms with Crippen LogP contribution in [0.3, 0.4) is 0 Å². The van der Waals surface area contributed by atoms with Gasteiger partial charge in [0.05, 0.1) is 6.42 Å². The first-order valence-corrected chi connectivity index (χ1v) is 6.46. The van der Waals surface area contributed by atoms with E-state index in [-0.39, 0.29) is 5.91 Å². The Kier molecular flexibility index (Phi) is 5.86. The van der Waals surface area contributed by atoms with Gasteiger partial charge < -0.3 is 10.2 Å². The average molecular weight is 248 g/mol. The van der Waals surface area contributed by atoms with Crippen molar-refractivity contribution in [2.24, 2.45) is 0 Å². The Bertz CT molecular complexity index is 399. The molecule has 1 rings (SSSR count). The summed E-state index contributed by atoms with van der Waals surface area (Å²) in [5.74, 6) is 0.113. The van der Waals surface area contributed by atoms with Crippen LogP contribution in [0.15, 0.2) is 18.2 Å². The Morgan fingerprint density at radius 1 is 1.28 bits per heavy atom. The smallest absolute Gasteiger partial charge is 0.224 e. The van der Waals surface area contributed by atoms with Crippen molar-refractivity contribution in [2.45, 2.75) is 26.7 Å². The number of carbonyl (C=O) groups is 1. The van der Waals surface area contributed by atoms with Crippen molar-refractivity contribution in [3.63, 3.8) is 0 Å². The summed E-state index contributed by atoms with van der Waals surface area (Å²) < 4.78 is 0. The predicted octanol–water partition coefficient (Wildman–Crippen LogP) is 1.91. The van der Waals surface area contributed by atoms with Gasteiger partial charge >= 0.3 is 0 Å². The third-order valence-corrected chi connectivity index (χ3v) is 2.96. The molecule has 100 valence electrons. The van der Waals surface area contributed by atoms with E-state index in [0.29, 0.717) is 6.42 Å². The summed E-state index contributed by atoms with van der Waals surface area (Å²) in [6.07, 6.45) is 1.47. The van der Waals surface area contributed by atoms with Gasteiger partial charge in [0.25, 0.3) is 0 Å². The third-order valence-electron chi connectivity index (χ3n) is 2.96. The number of nitrogens with one attached hydrogen (secondary N) is 1. The van der Waals surface area contributed by atoms with E-state index in [9.17, 15) is 4.79 Å². The minimum atomic E-state index is 0.113. The van der Waals surface area contributed by atoms with Crippen LogP contribution in [0.25, 0.3) is 0 Å². The Hall–Kier alpha value is -1.35. The van der Waals surface area contributed by atoms with Crippen molar-refractivity contribution >= 4 is 5.91 Å². The van der Waals surface area contributed by atoms with E-state index >= 15 is 0 Å². The largest absolute Gasteiger partial charge is 0.356 e. The van der Waals surface area contributed by atoms with Crippen LogP contribution in [-0.4, -0.2) is 38.0 Å². The molecule has 1 aromatic carbocycles. The second-order valence-corrected chi connectivity index (χ2v) is 5.11. The maximum Gasteiger partial charge on any atom is 0.224 e. The summed E-state index contributed by atoms with van der Waals surface area (Å²) in [5.41, 5.74) is 3.51.